The molecule has 1 aliphatic heterocycles. The number of anilines is 1. The molecule has 1 nitrogen and oxygen atoms in total. The van der Waals surface area contributed by atoms with E-state index in [4.69, 9.17) is 0 Å². The maximum absolute atomic E-state index is 3.74. The summed E-state index contributed by atoms with van der Waals surface area (Å²) in [6.07, 6.45) is 0. The molecule has 0 bridgehead atoms. The quantitative estimate of drug-likeness (QED) is 0.771. The van der Waals surface area contributed by atoms with Gasteiger partial charge < -0.3 is 5.32 Å². The van der Waals surface area contributed by atoms with Gasteiger partial charge in [-0.15, -0.1) is 0 Å². The fourth-order valence-corrected chi connectivity index (χ4v) is 3.29. The molecule has 0 spiro atoms. The van der Waals surface area contributed by atoms with Crippen LogP contribution in [0.15, 0.2) is 42.5 Å². The normalized spacial score (nSPS) is 19.9. The van der Waals surface area contributed by atoms with Crippen LogP contribution in [0.1, 0.15) is 42.1 Å². The molecule has 1 heterocycles. The summed E-state index contributed by atoms with van der Waals surface area (Å²) in [6, 6.07) is 15.7. The zero-order valence-electron chi connectivity index (χ0n) is 12.1. The van der Waals surface area contributed by atoms with E-state index >= 15 is 0 Å². The Balaban J connectivity index is 2.13. The Morgan fingerprint density at radius 3 is 2.37 bits per heavy atom. The Labute approximate surface area is 115 Å². The van der Waals surface area contributed by atoms with Crippen molar-refractivity contribution < 1.29 is 0 Å². The standard InChI is InChI=1S/C18H21N/c1-12-10-13(2)16-15(11-12)18(3,4)17(19-16)14-8-6-5-7-9-14/h5-11,17,19H,1-4H3/t17-/m1/s1. The summed E-state index contributed by atoms with van der Waals surface area (Å²) in [6.45, 7) is 9.05. The Morgan fingerprint density at radius 1 is 1.00 bits per heavy atom. The second-order valence-corrected chi connectivity index (χ2v) is 6.21. The van der Waals surface area contributed by atoms with E-state index in [1.54, 1.807) is 0 Å². The van der Waals surface area contributed by atoms with Crippen LogP contribution >= 0.6 is 0 Å². The van der Waals surface area contributed by atoms with Gasteiger partial charge in [0.25, 0.3) is 0 Å². The lowest BCUT2D eigenvalue weighted by Crippen LogP contribution is -2.25. The highest BCUT2D eigenvalue weighted by Crippen LogP contribution is 2.49. The minimum Gasteiger partial charge on any atom is -0.377 e. The second kappa shape index (κ2) is 4.12. The van der Waals surface area contributed by atoms with Gasteiger partial charge in [0, 0.05) is 11.1 Å². The number of nitrogens with one attached hydrogen (secondary N) is 1. The fraction of sp³-hybridized carbons (Fsp3) is 0.333. The first kappa shape index (κ1) is 12.3. The largest absolute Gasteiger partial charge is 0.377 e. The molecule has 2 aromatic carbocycles. The molecule has 0 aliphatic carbocycles. The lowest BCUT2D eigenvalue weighted by Gasteiger charge is -2.28. The smallest absolute Gasteiger partial charge is 0.0606 e. The molecule has 1 atom stereocenters. The number of aryl methyl sites for hydroxylation is 2. The first-order valence-electron chi connectivity index (χ1n) is 6.93. The van der Waals surface area contributed by atoms with Crippen LogP contribution in [-0.2, 0) is 5.41 Å². The molecule has 0 radical (unpaired) electrons. The van der Waals surface area contributed by atoms with Crippen LogP contribution in [0, 0.1) is 13.8 Å². The third-order valence-corrected chi connectivity index (χ3v) is 4.32. The average Bonchev–Trinajstić information content (AvgIpc) is 2.63. The maximum Gasteiger partial charge on any atom is 0.0606 e. The number of hydrogen-bond donors (Lipinski definition) is 1. The van der Waals surface area contributed by atoms with Crippen molar-refractivity contribution in [2.45, 2.75) is 39.2 Å². The first-order chi connectivity index (χ1) is 9.00. The minimum absolute atomic E-state index is 0.119. The van der Waals surface area contributed by atoms with Crippen LogP contribution in [-0.4, -0.2) is 0 Å². The summed E-state index contributed by atoms with van der Waals surface area (Å²) in [5.74, 6) is 0. The Kier molecular flexibility index (Phi) is 2.67. The van der Waals surface area contributed by atoms with Crippen molar-refractivity contribution in [3.05, 3.63) is 64.7 Å². The second-order valence-electron chi connectivity index (χ2n) is 6.21. The van der Waals surface area contributed by atoms with Crippen molar-refractivity contribution in [2.24, 2.45) is 0 Å². The lowest BCUT2D eigenvalue weighted by atomic mass is 9.77. The molecule has 0 saturated heterocycles. The Bertz CT molecular complexity index is 611. The molecular formula is C18H21N. The van der Waals surface area contributed by atoms with Gasteiger partial charge in [-0.05, 0) is 30.5 Å². The molecule has 1 N–H and O–H groups in total. The van der Waals surface area contributed by atoms with Crippen molar-refractivity contribution >= 4 is 5.69 Å². The Morgan fingerprint density at radius 2 is 1.68 bits per heavy atom. The zero-order chi connectivity index (χ0) is 13.6. The van der Waals surface area contributed by atoms with Crippen molar-refractivity contribution in [3.8, 4) is 0 Å². The van der Waals surface area contributed by atoms with Gasteiger partial charge in [0.15, 0.2) is 0 Å². The highest BCUT2D eigenvalue weighted by molar-refractivity contribution is 5.68. The van der Waals surface area contributed by atoms with E-state index in [9.17, 15) is 0 Å². The lowest BCUT2D eigenvalue weighted by molar-refractivity contribution is 0.474. The summed E-state index contributed by atoms with van der Waals surface area (Å²) < 4.78 is 0. The first-order valence-corrected chi connectivity index (χ1v) is 6.93. The molecule has 0 unspecified atom stereocenters. The third-order valence-electron chi connectivity index (χ3n) is 4.32. The third kappa shape index (κ3) is 1.85. The molecule has 3 rings (SSSR count). The van der Waals surface area contributed by atoms with E-state index in [-0.39, 0.29) is 5.41 Å². The molecule has 98 valence electrons. The zero-order valence-corrected chi connectivity index (χ0v) is 12.1. The van der Waals surface area contributed by atoms with Crippen LogP contribution in [0.4, 0.5) is 5.69 Å². The average molecular weight is 251 g/mol. The highest BCUT2D eigenvalue weighted by atomic mass is 15.0. The van der Waals surface area contributed by atoms with Gasteiger partial charge in [-0.1, -0.05) is 61.9 Å². The van der Waals surface area contributed by atoms with Crippen molar-refractivity contribution in [1.82, 2.24) is 0 Å². The summed E-state index contributed by atoms with van der Waals surface area (Å²) in [5, 5.41) is 3.74. The Hall–Kier alpha value is -1.76. The van der Waals surface area contributed by atoms with Gasteiger partial charge in [-0.2, -0.15) is 0 Å². The number of rotatable bonds is 1. The predicted molar refractivity (Wildman–Crippen MR) is 81.7 cm³/mol. The molecule has 1 heteroatoms. The predicted octanol–water partition coefficient (Wildman–Crippen LogP) is 4.75. The van der Waals surface area contributed by atoms with Crippen molar-refractivity contribution in [2.75, 3.05) is 5.32 Å². The monoisotopic (exact) mass is 251 g/mol. The summed E-state index contributed by atoms with van der Waals surface area (Å²) in [4.78, 5) is 0. The van der Waals surface area contributed by atoms with Gasteiger partial charge in [-0.3, -0.25) is 0 Å². The summed E-state index contributed by atoms with van der Waals surface area (Å²) in [7, 11) is 0. The van der Waals surface area contributed by atoms with Gasteiger partial charge >= 0.3 is 0 Å². The van der Waals surface area contributed by atoms with Crippen molar-refractivity contribution in [1.29, 1.82) is 0 Å². The van der Waals surface area contributed by atoms with Gasteiger partial charge in [-0.25, -0.2) is 0 Å². The SMILES string of the molecule is Cc1cc(C)c2c(c1)C(C)(C)[C@@H](c1ccccc1)N2. The van der Waals surface area contributed by atoms with Crippen LogP contribution in [0.2, 0.25) is 0 Å². The topological polar surface area (TPSA) is 12.0 Å². The number of hydrogen-bond acceptors (Lipinski definition) is 1. The van der Waals surface area contributed by atoms with E-state index in [2.05, 4.69) is 75.5 Å². The van der Waals surface area contributed by atoms with E-state index in [1.165, 1.54) is 27.9 Å². The molecule has 0 amide bonds. The molecule has 1 aliphatic rings. The molecular weight excluding hydrogens is 230 g/mol. The summed E-state index contributed by atoms with van der Waals surface area (Å²) >= 11 is 0. The van der Waals surface area contributed by atoms with E-state index in [0.29, 0.717) is 6.04 Å². The van der Waals surface area contributed by atoms with Crippen LogP contribution in [0.5, 0.6) is 0 Å². The molecule has 0 aromatic heterocycles. The number of fused-ring (bicyclic) bond motifs is 1. The van der Waals surface area contributed by atoms with E-state index in [0.717, 1.165) is 0 Å². The summed E-state index contributed by atoms with van der Waals surface area (Å²) in [5.41, 5.74) is 6.94. The van der Waals surface area contributed by atoms with Crippen molar-refractivity contribution in [3.63, 3.8) is 0 Å². The molecule has 0 fully saturated rings. The van der Waals surface area contributed by atoms with Crippen LogP contribution < -0.4 is 5.32 Å². The van der Waals surface area contributed by atoms with E-state index < -0.39 is 0 Å². The van der Waals surface area contributed by atoms with Crippen LogP contribution in [0.3, 0.4) is 0 Å². The minimum atomic E-state index is 0.119. The fourth-order valence-electron chi connectivity index (χ4n) is 3.29. The van der Waals surface area contributed by atoms with Gasteiger partial charge in [0.1, 0.15) is 0 Å². The van der Waals surface area contributed by atoms with Crippen LogP contribution in [0.25, 0.3) is 0 Å². The molecule has 0 saturated carbocycles. The molecule has 19 heavy (non-hydrogen) atoms. The van der Waals surface area contributed by atoms with Gasteiger partial charge in [0.05, 0.1) is 6.04 Å². The van der Waals surface area contributed by atoms with Gasteiger partial charge in [0.2, 0.25) is 0 Å². The maximum atomic E-state index is 3.74. The van der Waals surface area contributed by atoms with E-state index in [1.807, 2.05) is 0 Å². The molecule has 2 aromatic rings. The number of benzene rings is 2. The highest BCUT2D eigenvalue weighted by Gasteiger charge is 2.40.